The Morgan fingerprint density at radius 1 is 1.32 bits per heavy atom. The van der Waals surface area contributed by atoms with E-state index in [4.69, 9.17) is 14.8 Å². The number of nitrogens with zero attached hydrogens (tertiary/aromatic N) is 5. The maximum atomic E-state index is 11.4. The number of carbonyl (C=O) groups is 1. The fourth-order valence-electron chi connectivity index (χ4n) is 3.82. The standard InChI is InChI=1S/C20H24N6O2/c1-12-9-17(25-8-7-16(11-25)23-14(3)27)20-22-13(2)19(26(20)24-12)15-5-6-18(28-4)21-10-15/h5-6,9-10,16H,7-8,11H2,1-4H3,(H,23,27)/t16-/m1/s1. The largest absolute Gasteiger partial charge is 0.481 e. The van der Waals surface area contributed by atoms with Gasteiger partial charge in [0.1, 0.15) is 0 Å². The van der Waals surface area contributed by atoms with Crippen molar-refractivity contribution in [3.8, 4) is 17.1 Å². The maximum Gasteiger partial charge on any atom is 0.217 e. The summed E-state index contributed by atoms with van der Waals surface area (Å²) in [5, 5.41) is 7.73. The fourth-order valence-corrected chi connectivity index (χ4v) is 3.82. The first-order valence-electron chi connectivity index (χ1n) is 9.35. The number of nitrogens with one attached hydrogen (secondary N) is 1. The highest BCUT2D eigenvalue weighted by Gasteiger charge is 2.26. The van der Waals surface area contributed by atoms with Gasteiger partial charge in [0.25, 0.3) is 0 Å². The maximum absolute atomic E-state index is 11.4. The number of amides is 1. The lowest BCUT2D eigenvalue weighted by Gasteiger charge is -2.20. The summed E-state index contributed by atoms with van der Waals surface area (Å²) < 4.78 is 7.06. The summed E-state index contributed by atoms with van der Waals surface area (Å²) in [4.78, 5) is 22.8. The lowest BCUT2D eigenvalue weighted by molar-refractivity contribution is -0.119. The van der Waals surface area contributed by atoms with E-state index in [9.17, 15) is 4.79 Å². The summed E-state index contributed by atoms with van der Waals surface area (Å²) in [6, 6.07) is 6.03. The zero-order chi connectivity index (χ0) is 19.8. The molecule has 0 saturated carbocycles. The molecule has 8 heteroatoms. The third kappa shape index (κ3) is 3.26. The van der Waals surface area contributed by atoms with E-state index in [0.717, 1.165) is 53.5 Å². The van der Waals surface area contributed by atoms with Crippen molar-refractivity contribution >= 4 is 17.2 Å². The van der Waals surface area contributed by atoms with Crippen molar-refractivity contribution < 1.29 is 9.53 Å². The van der Waals surface area contributed by atoms with Crippen LogP contribution in [-0.4, -0.2) is 51.7 Å². The average molecular weight is 380 g/mol. The van der Waals surface area contributed by atoms with Crippen LogP contribution in [0.4, 0.5) is 5.69 Å². The van der Waals surface area contributed by atoms with Gasteiger partial charge in [0.15, 0.2) is 5.65 Å². The molecule has 0 bridgehead atoms. The van der Waals surface area contributed by atoms with Gasteiger partial charge in [-0.15, -0.1) is 0 Å². The zero-order valence-electron chi connectivity index (χ0n) is 16.6. The summed E-state index contributed by atoms with van der Waals surface area (Å²) in [7, 11) is 1.60. The quantitative estimate of drug-likeness (QED) is 0.746. The number of imidazole rings is 1. The molecule has 1 aliphatic rings. The molecule has 4 rings (SSSR count). The highest BCUT2D eigenvalue weighted by atomic mass is 16.5. The molecule has 146 valence electrons. The number of ether oxygens (including phenoxy) is 1. The molecule has 0 aliphatic carbocycles. The number of aryl methyl sites for hydroxylation is 2. The summed E-state index contributed by atoms with van der Waals surface area (Å²) in [6.45, 7) is 7.16. The van der Waals surface area contributed by atoms with Crippen LogP contribution in [0.25, 0.3) is 16.9 Å². The smallest absolute Gasteiger partial charge is 0.217 e. The van der Waals surface area contributed by atoms with Crippen LogP contribution >= 0.6 is 0 Å². The Bertz CT molecular complexity index is 1030. The van der Waals surface area contributed by atoms with E-state index in [1.807, 2.05) is 30.5 Å². The minimum absolute atomic E-state index is 0.00820. The van der Waals surface area contributed by atoms with Gasteiger partial charge in [-0.2, -0.15) is 5.10 Å². The van der Waals surface area contributed by atoms with Crippen molar-refractivity contribution in [1.82, 2.24) is 24.9 Å². The molecule has 1 fully saturated rings. The number of carbonyl (C=O) groups excluding carboxylic acids is 1. The van der Waals surface area contributed by atoms with E-state index in [2.05, 4.69) is 21.3 Å². The van der Waals surface area contributed by atoms with Crippen molar-refractivity contribution in [2.75, 3.05) is 25.1 Å². The van der Waals surface area contributed by atoms with E-state index >= 15 is 0 Å². The molecule has 1 amide bonds. The number of rotatable bonds is 4. The molecule has 1 N–H and O–H groups in total. The predicted octanol–water partition coefficient (Wildman–Crippen LogP) is 2.13. The Morgan fingerprint density at radius 3 is 2.82 bits per heavy atom. The number of pyridine rings is 1. The van der Waals surface area contributed by atoms with E-state index in [1.54, 1.807) is 20.2 Å². The zero-order valence-corrected chi connectivity index (χ0v) is 16.6. The van der Waals surface area contributed by atoms with Crippen LogP contribution in [0.3, 0.4) is 0 Å². The summed E-state index contributed by atoms with van der Waals surface area (Å²) in [6.07, 6.45) is 2.70. The Hall–Kier alpha value is -3.16. The molecule has 4 heterocycles. The number of aromatic nitrogens is 4. The van der Waals surface area contributed by atoms with E-state index in [1.165, 1.54) is 0 Å². The minimum Gasteiger partial charge on any atom is -0.481 e. The average Bonchev–Trinajstić information content (AvgIpc) is 3.24. The molecule has 1 saturated heterocycles. The van der Waals surface area contributed by atoms with Gasteiger partial charge in [0.05, 0.1) is 29.9 Å². The molecular weight excluding hydrogens is 356 g/mol. The second-order valence-corrected chi connectivity index (χ2v) is 7.17. The van der Waals surface area contributed by atoms with Crippen LogP contribution in [0, 0.1) is 13.8 Å². The van der Waals surface area contributed by atoms with E-state index in [-0.39, 0.29) is 11.9 Å². The molecule has 28 heavy (non-hydrogen) atoms. The van der Waals surface area contributed by atoms with Gasteiger partial charge >= 0.3 is 0 Å². The Morgan fingerprint density at radius 2 is 2.14 bits per heavy atom. The molecular formula is C20H24N6O2. The van der Waals surface area contributed by atoms with Gasteiger partial charge < -0.3 is 15.0 Å². The monoisotopic (exact) mass is 380 g/mol. The van der Waals surface area contributed by atoms with E-state index in [0.29, 0.717) is 5.88 Å². The number of methoxy groups -OCH3 is 1. The minimum atomic E-state index is 0.00820. The predicted molar refractivity (Wildman–Crippen MR) is 107 cm³/mol. The summed E-state index contributed by atoms with van der Waals surface area (Å²) in [5.41, 5.74) is 5.52. The van der Waals surface area contributed by atoms with E-state index < -0.39 is 0 Å². The van der Waals surface area contributed by atoms with Gasteiger partial charge in [-0.3, -0.25) is 4.79 Å². The van der Waals surface area contributed by atoms with Crippen LogP contribution in [0.1, 0.15) is 24.7 Å². The first kappa shape index (κ1) is 18.2. The Labute approximate surface area is 163 Å². The van der Waals surface area contributed by atoms with Crippen LogP contribution in [0.15, 0.2) is 24.4 Å². The Kier molecular flexibility index (Phi) is 4.62. The fraction of sp³-hybridized carbons (Fsp3) is 0.400. The second kappa shape index (κ2) is 7.10. The van der Waals surface area contributed by atoms with Gasteiger partial charge in [0.2, 0.25) is 11.8 Å². The van der Waals surface area contributed by atoms with Crippen molar-refractivity contribution in [1.29, 1.82) is 0 Å². The number of hydrogen-bond acceptors (Lipinski definition) is 6. The van der Waals surface area contributed by atoms with Gasteiger partial charge in [0, 0.05) is 43.9 Å². The van der Waals surface area contributed by atoms with Crippen molar-refractivity contribution in [3.05, 3.63) is 35.8 Å². The lowest BCUT2D eigenvalue weighted by atomic mass is 10.2. The van der Waals surface area contributed by atoms with Crippen molar-refractivity contribution in [2.24, 2.45) is 0 Å². The Balaban J connectivity index is 1.77. The third-order valence-electron chi connectivity index (χ3n) is 5.02. The SMILES string of the molecule is COc1ccc(-c2c(C)nc3c(N4CC[C@@H](NC(C)=O)C4)cc(C)nn23)cn1. The van der Waals surface area contributed by atoms with Crippen LogP contribution in [0.2, 0.25) is 0 Å². The third-order valence-corrected chi connectivity index (χ3v) is 5.02. The molecule has 1 atom stereocenters. The first-order chi connectivity index (χ1) is 13.5. The molecule has 0 radical (unpaired) electrons. The number of anilines is 1. The summed E-state index contributed by atoms with van der Waals surface area (Å²) >= 11 is 0. The summed E-state index contributed by atoms with van der Waals surface area (Å²) in [5.74, 6) is 0.579. The van der Waals surface area contributed by atoms with Gasteiger partial charge in [-0.1, -0.05) is 0 Å². The van der Waals surface area contributed by atoms with Crippen LogP contribution < -0.4 is 15.0 Å². The molecule has 1 aliphatic heterocycles. The normalized spacial score (nSPS) is 16.6. The number of hydrogen-bond donors (Lipinski definition) is 1. The van der Waals surface area contributed by atoms with Gasteiger partial charge in [-0.05, 0) is 32.4 Å². The molecule has 0 spiro atoms. The molecule has 3 aromatic rings. The van der Waals surface area contributed by atoms with Crippen LogP contribution in [-0.2, 0) is 4.79 Å². The highest BCUT2D eigenvalue weighted by Crippen LogP contribution is 2.31. The highest BCUT2D eigenvalue weighted by molar-refractivity contribution is 5.76. The molecule has 3 aromatic heterocycles. The molecule has 8 nitrogen and oxygen atoms in total. The molecule has 0 unspecified atom stereocenters. The number of fused-ring (bicyclic) bond motifs is 1. The van der Waals surface area contributed by atoms with Crippen molar-refractivity contribution in [3.63, 3.8) is 0 Å². The topological polar surface area (TPSA) is 84.6 Å². The lowest BCUT2D eigenvalue weighted by Crippen LogP contribution is -2.35. The van der Waals surface area contributed by atoms with Gasteiger partial charge in [-0.25, -0.2) is 14.5 Å². The second-order valence-electron chi connectivity index (χ2n) is 7.17. The molecule has 0 aromatic carbocycles. The first-order valence-corrected chi connectivity index (χ1v) is 9.35. The van der Waals surface area contributed by atoms with Crippen molar-refractivity contribution in [2.45, 2.75) is 33.2 Å². The van der Waals surface area contributed by atoms with Crippen LogP contribution in [0.5, 0.6) is 5.88 Å².